The van der Waals surface area contributed by atoms with Gasteiger partial charge in [0, 0.05) is 11.8 Å². The van der Waals surface area contributed by atoms with Gasteiger partial charge in [-0.15, -0.1) is 0 Å². The molecule has 64 valence electrons. The molecule has 0 heterocycles. The Balaban J connectivity index is 2.16. The number of hydrogen-bond acceptors (Lipinski definition) is 2. The van der Waals surface area contributed by atoms with Crippen LogP contribution in [0.25, 0.3) is 0 Å². The summed E-state index contributed by atoms with van der Waals surface area (Å²) in [4.78, 5) is 0. The summed E-state index contributed by atoms with van der Waals surface area (Å²) in [5, 5.41) is 4.18. The molecule has 1 saturated carbocycles. The van der Waals surface area contributed by atoms with Crippen molar-refractivity contribution in [2.75, 3.05) is 0 Å². The Hall–Kier alpha value is -0.530. The maximum atomic E-state index is 4.18. The minimum Gasteiger partial charge on any atom is -0.305 e. The third-order valence-corrected chi connectivity index (χ3v) is 1.84. The van der Waals surface area contributed by atoms with Crippen LogP contribution in [-0.4, -0.2) is 11.8 Å². The normalized spacial score (nSPS) is 30.9. The highest BCUT2D eigenvalue weighted by Gasteiger charge is 2.30. The molecule has 0 saturated heterocycles. The molecule has 2 unspecified atom stereocenters. The van der Waals surface area contributed by atoms with Gasteiger partial charge in [-0.25, -0.2) is 0 Å². The lowest BCUT2D eigenvalue weighted by molar-refractivity contribution is 0.441. The van der Waals surface area contributed by atoms with Crippen molar-refractivity contribution in [2.24, 2.45) is 16.9 Å². The van der Waals surface area contributed by atoms with E-state index >= 15 is 0 Å². The third kappa shape index (κ3) is 3.40. The Morgan fingerprint density at radius 1 is 1.45 bits per heavy atom. The Kier molecular flexibility index (Phi) is 2.21. The summed E-state index contributed by atoms with van der Waals surface area (Å²) in [7, 11) is 0. The molecular weight excluding hydrogens is 136 g/mol. The van der Waals surface area contributed by atoms with Gasteiger partial charge in [-0.1, -0.05) is 6.92 Å². The van der Waals surface area contributed by atoms with Crippen LogP contribution in [0.1, 0.15) is 34.1 Å². The summed E-state index contributed by atoms with van der Waals surface area (Å²) in [6.07, 6.45) is 3.35. The van der Waals surface area contributed by atoms with Crippen molar-refractivity contribution in [3.05, 3.63) is 0 Å². The molecular formula is C9H18N2. The minimum atomic E-state index is 0.106. The molecule has 0 aromatic heterocycles. The Bertz CT molecular complexity index is 155. The highest BCUT2D eigenvalue weighted by Crippen LogP contribution is 2.35. The van der Waals surface area contributed by atoms with Crippen LogP contribution >= 0.6 is 0 Å². The number of hydrogen-bond donors (Lipinski definition) is 1. The van der Waals surface area contributed by atoms with Crippen LogP contribution in [-0.2, 0) is 0 Å². The molecule has 0 aromatic rings. The maximum Gasteiger partial charge on any atom is 0.0464 e. The number of nitrogens with zero attached hydrogens (tertiary/aromatic N) is 1. The monoisotopic (exact) mass is 154 g/mol. The van der Waals surface area contributed by atoms with Gasteiger partial charge < -0.3 is 5.43 Å². The van der Waals surface area contributed by atoms with Crippen LogP contribution in [0, 0.1) is 11.8 Å². The predicted octanol–water partition coefficient (Wildman–Crippen LogP) is 2.02. The molecule has 0 amide bonds. The zero-order valence-electron chi connectivity index (χ0n) is 7.89. The molecule has 1 rings (SSSR count). The summed E-state index contributed by atoms with van der Waals surface area (Å²) >= 11 is 0. The fourth-order valence-corrected chi connectivity index (χ4v) is 0.885. The summed E-state index contributed by atoms with van der Waals surface area (Å²) in [6, 6.07) is 0. The van der Waals surface area contributed by atoms with Crippen molar-refractivity contribution in [1.82, 2.24) is 5.43 Å². The lowest BCUT2D eigenvalue weighted by atomic mass is 10.1. The Morgan fingerprint density at radius 3 is 2.36 bits per heavy atom. The maximum absolute atomic E-state index is 4.18. The molecule has 2 nitrogen and oxygen atoms in total. The SMILES string of the molecule is CC1CC1/C=N/NC(C)(C)C. The molecule has 0 aromatic carbocycles. The lowest BCUT2D eigenvalue weighted by Crippen LogP contribution is -2.31. The first-order valence-corrected chi connectivity index (χ1v) is 4.29. The predicted molar refractivity (Wildman–Crippen MR) is 48.7 cm³/mol. The first kappa shape index (κ1) is 8.57. The molecule has 1 fully saturated rings. The van der Waals surface area contributed by atoms with Gasteiger partial charge in [0.2, 0.25) is 0 Å². The first-order valence-electron chi connectivity index (χ1n) is 4.29. The summed E-state index contributed by atoms with van der Waals surface area (Å²) < 4.78 is 0. The molecule has 11 heavy (non-hydrogen) atoms. The third-order valence-electron chi connectivity index (χ3n) is 1.84. The first-order chi connectivity index (χ1) is 4.99. The summed E-state index contributed by atoms with van der Waals surface area (Å²) in [6.45, 7) is 8.59. The van der Waals surface area contributed by atoms with E-state index in [4.69, 9.17) is 0 Å². The molecule has 0 radical (unpaired) electrons. The molecule has 2 heteroatoms. The van der Waals surface area contributed by atoms with Crippen molar-refractivity contribution < 1.29 is 0 Å². The van der Waals surface area contributed by atoms with Crippen molar-refractivity contribution in [3.8, 4) is 0 Å². The highest BCUT2D eigenvalue weighted by atomic mass is 15.3. The van der Waals surface area contributed by atoms with Crippen molar-refractivity contribution in [2.45, 2.75) is 39.7 Å². The quantitative estimate of drug-likeness (QED) is 0.477. The fraction of sp³-hybridized carbons (Fsp3) is 0.889. The van der Waals surface area contributed by atoms with E-state index in [0.717, 1.165) is 11.8 Å². The van der Waals surface area contributed by atoms with Gasteiger partial charge in [-0.3, -0.25) is 0 Å². The van der Waals surface area contributed by atoms with Gasteiger partial charge in [0.05, 0.1) is 0 Å². The molecule has 1 N–H and O–H groups in total. The molecule has 1 aliphatic carbocycles. The topological polar surface area (TPSA) is 24.4 Å². The van der Waals surface area contributed by atoms with Crippen molar-refractivity contribution >= 4 is 6.21 Å². The van der Waals surface area contributed by atoms with Crippen LogP contribution in [0.5, 0.6) is 0 Å². The summed E-state index contributed by atoms with van der Waals surface area (Å²) in [5.74, 6) is 1.60. The number of rotatable bonds is 2. The zero-order valence-corrected chi connectivity index (χ0v) is 7.89. The van der Waals surface area contributed by atoms with E-state index in [1.165, 1.54) is 6.42 Å². The van der Waals surface area contributed by atoms with Crippen LogP contribution in [0.4, 0.5) is 0 Å². The molecule has 1 aliphatic rings. The van der Waals surface area contributed by atoms with E-state index in [0.29, 0.717) is 0 Å². The number of hydrazone groups is 1. The second-order valence-electron chi connectivity index (χ2n) is 4.52. The van der Waals surface area contributed by atoms with Gasteiger partial charge in [0.1, 0.15) is 0 Å². The van der Waals surface area contributed by atoms with Gasteiger partial charge in [0.25, 0.3) is 0 Å². The van der Waals surface area contributed by atoms with Gasteiger partial charge in [0.15, 0.2) is 0 Å². The zero-order chi connectivity index (χ0) is 8.48. The average Bonchev–Trinajstić information content (AvgIpc) is 2.43. The van der Waals surface area contributed by atoms with Crippen LogP contribution in [0.3, 0.4) is 0 Å². The number of nitrogens with one attached hydrogen (secondary N) is 1. The molecule has 0 aliphatic heterocycles. The van der Waals surface area contributed by atoms with Crippen molar-refractivity contribution in [1.29, 1.82) is 0 Å². The van der Waals surface area contributed by atoms with Gasteiger partial charge in [-0.2, -0.15) is 5.10 Å². The Labute approximate surface area is 69.1 Å². The lowest BCUT2D eigenvalue weighted by Gasteiger charge is -2.16. The van der Waals surface area contributed by atoms with Crippen LogP contribution in [0.2, 0.25) is 0 Å². The van der Waals surface area contributed by atoms with Gasteiger partial charge in [-0.05, 0) is 39.0 Å². The largest absolute Gasteiger partial charge is 0.305 e. The van der Waals surface area contributed by atoms with E-state index in [-0.39, 0.29) is 5.54 Å². The van der Waals surface area contributed by atoms with Crippen molar-refractivity contribution in [3.63, 3.8) is 0 Å². The highest BCUT2D eigenvalue weighted by molar-refractivity contribution is 5.64. The van der Waals surface area contributed by atoms with Gasteiger partial charge >= 0.3 is 0 Å². The molecule has 2 atom stereocenters. The molecule has 0 bridgehead atoms. The fourth-order valence-electron chi connectivity index (χ4n) is 0.885. The average molecular weight is 154 g/mol. The second kappa shape index (κ2) is 2.84. The summed E-state index contributed by atoms with van der Waals surface area (Å²) in [5.41, 5.74) is 3.19. The minimum absolute atomic E-state index is 0.106. The van der Waals surface area contributed by atoms with Crippen LogP contribution in [0.15, 0.2) is 5.10 Å². The van der Waals surface area contributed by atoms with E-state index in [1.54, 1.807) is 0 Å². The van der Waals surface area contributed by atoms with E-state index < -0.39 is 0 Å². The van der Waals surface area contributed by atoms with E-state index in [2.05, 4.69) is 38.2 Å². The van der Waals surface area contributed by atoms with E-state index in [1.807, 2.05) is 6.21 Å². The Morgan fingerprint density at radius 2 is 2.00 bits per heavy atom. The molecule has 0 spiro atoms. The smallest absolute Gasteiger partial charge is 0.0464 e. The van der Waals surface area contributed by atoms with E-state index in [9.17, 15) is 0 Å². The standard InChI is InChI=1S/C9H18N2/c1-7-5-8(7)6-10-11-9(2,3)4/h6-8,11H,5H2,1-4H3/b10-6+. The second-order valence-corrected chi connectivity index (χ2v) is 4.52. The van der Waals surface area contributed by atoms with Crippen LogP contribution < -0.4 is 5.43 Å².